The molecule has 0 unspecified atom stereocenters. The molecule has 1 aliphatic rings. The number of fused-ring (bicyclic) bond motifs is 10. The number of para-hydroxylation sites is 3. The summed E-state index contributed by atoms with van der Waals surface area (Å²) >= 11 is 0. The zero-order chi connectivity index (χ0) is 51.0. The summed E-state index contributed by atoms with van der Waals surface area (Å²) in [6.45, 7) is 6.69. The first-order valence-corrected chi connectivity index (χ1v) is 28.0. The Labute approximate surface area is 464 Å². The number of ether oxygens (including phenoxy) is 1. The molecule has 0 saturated carbocycles. The Hall–Kier alpha value is -8.67. The Balaban J connectivity index is 0.00000566. The van der Waals surface area contributed by atoms with Gasteiger partial charge in [-0.3, -0.25) is 4.57 Å². The summed E-state index contributed by atoms with van der Waals surface area (Å²) in [6, 6.07) is 95.4. The van der Waals surface area contributed by atoms with Crippen molar-refractivity contribution in [2.75, 3.05) is 0 Å². The molecule has 0 spiro atoms. The van der Waals surface area contributed by atoms with Crippen LogP contribution in [-0.4, -0.2) is 22.2 Å². The Morgan fingerprint density at radius 3 is 1.68 bits per heavy atom. The molecule has 0 aliphatic carbocycles. The van der Waals surface area contributed by atoms with Gasteiger partial charge < -0.3 is 13.9 Å². The van der Waals surface area contributed by atoms with Crippen molar-refractivity contribution in [1.29, 1.82) is 0 Å². The molecule has 10 aromatic carbocycles. The first-order chi connectivity index (χ1) is 37.3. The SMILES string of the molecule is CC(C)(C)c1ccnc(-n2c3[c-]c(Oc4[c-]c(-n5[c-][n+]6c7c(cccc75)-c5ccccc5-c5ccccc5-c5cccc([Si](c7ccccc7)(c7ccccc7)c7ccccc7)c5-6)ccc4)ccc3c3ccccc32)c1.[Pt]. The standard InChI is InChI=1S/C70H50N4OSi.Pt/c1-70(2,3)48-42-43-71-67(44-48)74-63-37-18-17-34-59(63)60-41-40-51(46-65(60)74)75-50-23-19-22-49(45-50)72-47-73-68-61(35-20-38-64(68)72)57-32-15-13-30-55(57)56-31-14-16-33-58(56)62-36-21-39-66(69(62)73)76(52-24-7-4-8-25-52,53-26-9-5-10-27-53)54-28-11-6-12-29-54;/h4-44H,1-3H3;/q-2;. The van der Waals surface area contributed by atoms with Crippen molar-refractivity contribution in [3.8, 4) is 62.1 Å². The molecule has 7 heteroatoms. The van der Waals surface area contributed by atoms with Crippen molar-refractivity contribution in [2.45, 2.75) is 26.2 Å². The van der Waals surface area contributed by atoms with Gasteiger partial charge in [0.25, 0.3) is 6.33 Å². The summed E-state index contributed by atoms with van der Waals surface area (Å²) in [4.78, 5) is 4.91. The molecule has 4 heterocycles. The number of nitrogens with zero attached hydrogens (tertiary/aromatic N) is 4. The van der Waals surface area contributed by atoms with E-state index >= 15 is 0 Å². The summed E-state index contributed by atoms with van der Waals surface area (Å²) in [6.07, 6.45) is 5.96. The second-order valence-electron chi connectivity index (χ2n) is 20.7. The van der Waals surface area contributed by atoms with E-state index in [0.717, 1.165) is 72.3 Å². The van der Waals surface area contributed by atoms with Gasteiger partial charge in [-0.25, -0.2) is 4.98 Å². The maximum Gasteiger partial charge on any atom is 0.268 e. The normalized spacial score (nSPS) is 12.0. The van der Waals surface area contributed by atoms with E-state index in [0.29, 0.717) is 11.5 Å². The molecule has 3 aromatic heterocycles. The van der Waals surface area contributed by atoms with Crippen LogP contribution in [0.25, 0.3) is 83.4 Å². The van der Waals surface area contributed by atoms with Crippen molar-refractivity contribution < 1.29 is 30.4 Å². The number of hydrogen-bond acceptors (Lipinski definition) is 2. The van der Waals surface area contributed by atoms with Gasteiger partial charge in [-0.05, 0) is 94.4 Å². The zero-order valence-corrected chi connectivity index (χ0v) is 46.0. The monoisotopic (exact) mass is 1190 g/mol. The van der Waals surface area contributed by atoms with Crippen molar-refractivity contribution in [2.24, 2.45) is 0 Å². The summed E-state index contributed by atoms with van der Waals surface area (Å²) in [5.41, 5.74) is 13.9. The molecule has 0 bridgehead atoms. The van der Waals surface area contributed by atoms with Crippen molar-refractivity contribution in [1.82, 2.24) is 14.1 Å². The topological polar surface area (TPSA) is 35.9 Å². The maximum absolute atomic E-state index is 6.83. The molecule has 5 nitrogen and oxygen atoms in total. The van der Waals surface area contributed by atoms with E-state index in [1.54, 1.807) is 0 Å². The van der Waals surface area contributed by atoms with Crippen LogP contribution in [0.1, 0.15) is 26.3 Å². The van der Waals surface area contributed by atoms with Crippen LogP contribution in [0.3, 0.4) is 0 Å². The summed E-state index contributed by atoms with van der Waals surface area (Å²) < 4.78 is 13.6. The van der Waals surface area contributed by atoms with E-state index < -0.39 is 8.07 Å². The summed E-state index contributed by atoms with van der Waals surface area (Å²) in [7, 11) is -3.15. The molecular weight excluding hydrogens is 1140 g/mol. The fourth-order valence-corrected chi connectivity index (χ4v) is 16.8. The minimum atomic E-state index is -3.15. The molecule has 13 aromatic rings. The molecule has 77 heavy (non-hydrogen) atoms. The average molecular weight is 1190 g/mol. The molecule has 0 fully saturated rings. The fourth-order valence-electron chi connectivity index (χ4n) is 11.9. The van der Waals surface area contributed by atoms with Crippen LogP contribution in [0.2, 0.25) is 0 Å². The van der Waals surface area contributed by atoms with Gasteiger partial charge >= 0.3 is 0 Å². The van der Waals surface area contributed by atoms with E-state index in [9.17, 15) is 0 Å². The molecule has 1 aliphatic heterocycles. The van der Waals surface area contributed by atoms with E-state index in [2.05, 4.69) is 277 Å². The largest absolute Gasteiger partial charge is 0.510 e. The first-order valence-electron chi connectivity index (χ1n) is 26.0. The van der Waals surface area contributed by atoms with Crippen LogP contribution in [0.15, 0.2) is 249 Å². The van der Waals surface area contributed by atoms with Crippen LogP contribution >= 0.6 is 0 Å². The number of pyridine rings is 1. The molecule has 0 saturated heterocycles. The molecule has 372 valence electrons. The van der Waals surface area contributed by atoms with Crippen LogP contribution in [0.4, 0.5) is 0 Å². The maximum atomic E-state index is 6.83. The zero-order valence-electron chi connectivity index (χ0n) is 42.7. The number of imidazole rings is 1. The third kappa shape index (κ3) is 7.85. The quantitative estimate of drug-likeness (QED) is 0.0658. The van der Waals surface area contributed by atoms with E-state index in [1.165, 1.54) is 37.4 Å². The Kier molecular flexibility index (Phi) is 11.9. The first kappa shape index (κ1) is 48.0. The van der Waals surface area contributed by atoms with E-state index in [1.807, 2.05) is 24.4 Å². The van der Waals surface area contributed by atoms with Crippen molar-refractivity contribution in [3.63, 3.8) is 0 Å². The Morgan fingerprint density at radius 1 is 0.481 bits per heavy atom. The van der Waals surface area contributed by atoms with Crippen LogP contribution < -0.4 is 30.1 Å². The molecule has 0 atom stereocenters. The molecule has 0 N–H and O–H groups in total. The average Bonchev–Trinajstić information content (AvgIpc) is 4.13. The summed E-state index contributed by atoms with van der Waals surface area (Å²) in [5, 5.41) is 7.36. The third-order valence-corrected chi connectivity index (χ3v) is 20.1. The van der Waals surface area contributed by atoms with Gasteiger partial charge in [-0.15, -0.1) is 29.7 Å². The van der Waals surface area contributed by atoms with Crippen molar-refractivity contribution >= 4 is 61.7 Å². The van der Waals surface area contributed by atoms with Gasteiger partial charge in [0.05, 0.1) is 16.7 Å². The minimum Gasteiger partial charge on any atom is -0.510 e. The van der Waals surface area contributed by atoms with Gasteiger partial charge in [-0.2, -0.15) is 18.2 Å². The van der Waals surface area contributed by atoms with E-state index in [4.69, 9.17) is 9.72 Å². The number of hydrogen-bond donors (Lipinski definition) is 0. The molecule has 0 amide bonds. The van der Waals surface area contributed by atoms with Gasteiger partial charge in [0.15, 0.2) is 8.07 Å². The van der Waals surface area contributed by atoms with Gasteiger partial charge in [0.1, 0.15) is 5.82 Å². The third-order valence-electron chi connectivity index (χ3n) is 15.3. The number of rotatable bonds is 8. The number of aromatic nitrogens is 4. The van der Waals surface area contributed by atoms with Gasteiger partial charge in [0.2, 0.25) is 0 Å². The smallest absolute Gasteiger partial charge is 0.268 e. The van der Waals surface area contributed by atoms with Crippen LogP contribution in [-0.2, 0) is 26.5 Å². The van der Waals surface area contributed by atoms with Crippen LogP contribution in [0, 0.1) is 18.5 Å². The van der Waals surface area contributed by atoms with Crippen LogP contribution in [0.5, 0.6) is 11.5 Å². The molecular formula is C70H50N4OPtSi-2. The summed E-state index contributed by atoms with van der Waals surface area (Å²) in [5.74, 6) is 1.98. The number of benzene rings is 10. The van der Waals surface area contributed by atoms with Gasteiger partial charge in [-0.1, -0.05) is 220 Å². The predicted molar refractivity (Wildman–Crippen MR) is 312 cm³/mol. The van der Waals surface area contributed by atoms with E-state index in [-0.39, 0.29) is 26.5 Å². The second-order valence-corrected chi connectivity index (χ2v) is 24.4. The molecule has 14 rings (SSSR count). The second kappa shape index (κ2) is 19.2. The molecule has 0 radical (unpaired) electrons. The predicted octanol–water partition coefficient (Wildman–Crippen LogP) is 13.6. The van der Waals surface area contributed by atoms with Crippen molar-refractivity contribution in [3.05, 3.63) is 273 Å². The fraction of sp³-hybridized carbons (Fsp3) is 0.0571. The Morgan fingerprint density at radius 2 is 1.01 bits per heavy atom. The minimum absolute atomic E-state index is 0. The van der Waals surface area contributed by atoms with Gasteiger partial charge in [0, 0.05) is 44.3 Å². The Bertz CT molecular complexity index is 4270.